The Bertz CT molecular complexity index is 702. The summed E-state index contributed by atoms with van der Waals surface area (Å²) in [5.41, 5.74) is 3.60. The summed E-state index contributed by atoms with van der Waals surface area (Å²) in [6.45, 7) is 10.5. The van der Waals surface area contributed by atoms with Crippen LogP contribution in [-0.2, 0) is 10.2 Å². The number of hydrogen-bond donors (Lipinski definition) is 2. The molecular weight excluding hydrogens is 354 g/mol. The number of hydrogen-bond acceptors (Lipinski definition) is 3. The summed E-state index contributed by atoms with van der Waals surface area (Å²) in [6.07, 6.45) is 2.61. The SMILES string of the molecule is Cc1ccc(C(C)(C)CNC(=O)N2CCCC(N(C)CC(=O)O)CC2)c(C)c1. The van der Waals surface area contributed by atoms with Crippen LogP contribution in [0.3, 0.4) is 0 Å². The number of amides is 2. The molecule has 28 heavy (non-hydrogen) atoms. The number of urea groups is 1. The van der Waals surface area contributed by atoms with Gasteiger partial charge in [0.15, 0.2) is 0 Å². The molecule has 0 aliphatic carbocycles. The molecule has 1 aliphatic heterocycles. The van der Waals surface area contributed by atoms with E-state index in [4.69, 9.17) is 5.11 Å². The average molecular weight is 390 g/mol. The Labute approximate surface area is 168 Å². The van der Waals surface area contributed by atoms with Crippen LogP contribution in [0.1, 0.15) is 49.8 Å². The number of nitrogens with zero attached hydrogens (tertiary/aromatic N) is 2. The Morgan fingerprint density at radius 1 is 1.25 bits per heavy atom. The number of rotatable bonds is 6. The number of carbonyl (C=O) groups is 2. The van der Waals surface area contributed by atoms with Gasteiger partial charge < -0.3 is 15.3 Å². The molecule has 0 radical (unpaired) electrons. The van der Waals surface area contributed by atoms with Crippen molar-refractivity contribution in [2.24, 2.45) is 0 Å². The van der Waals surface area contributed by atoms with Crippen LogP contribution in [0.2, 0.25) is 0 Å². The van der Waals surface area contributed by atoms with Gasteiger partial charge in [-0.05, 0) is 51.3 Å². The number of carbonyl (C=O) groups excluding carboxylic acids is 1. The normalized spacial score (nSPS) is 18.1. The molecule has 6 nitrogen and oxygen atoms in total. The number of likely N-dealkylation sites (tertiary alicyclic amines) is 1. The Hall–Kier alpha value is -2.08. The van der Waals surface area contributed by atoms with Gasteiger partial charge in [0.1, 0.15) is 0 Å². The zero-order valence-electron chi connectivity index (χ0n) is 17.9. The summed E-state index contributed by atoms with van der Waals surface area (Å²) < 4.78 is 0. The number of likely N-dealkylation sites (N-methyl/N-ethyl adjacent to an activating group) is 1. The van der Waals surface area contributed by atoms with Gasteiger partial charge in [-0.3, -0.25) is 9.69 Å². The van der Waals surface area contributed by atoms with Crippen LogP contribution in [0.25, 0.3) is 0 Å². The van der Waals surface area contributed by atoms with Crippen molar-refractivity contribution < 1.29 is 14.7 Å². The van der Waals surface area contributed by atoms with Crippen LogP contribution in [-0.4, -0.2) is 66.2 Å². The van der Waals surface area contributed by atoms with E-state index < -0.39 is 5.97 Å². The van der Waals surface area contributed by atoms with Gasteiger partial charge in [0, 0.05) is 31.1 Å². The third-order valence-corrected chi connectivity index (χ3v) is 5.79. The first kappa shape index (κ1) is 22.2. The van der Waals surface area contributed by atoms with Crippen LogP contribution in [0.15, 0.2) is 18.2 Å². The van der Waals surface area contributed by atoms with E-state index in [9.17, 15) is 9.59 Å². The molecule has 1 heterocycles. The van der Waals surface area contributed by atoms with Gasteiger partial charge in [-0.15, -0.1) is 0 Å². The predicted octanol–water partition coefficient (Wildman–Crippen LogP) is 3.16. The van der Waals surface area contributed by atoms with Gasteiger partial charge in [0.2, 0.25) is 0 Å². The minimum Gasteiger partial charge on any atom is -0.480 e. The highest BCUT2D eigenvalue weighted by Crippen LogP contribution is 2.26. The van der Waals surface area contributed by atoms with E-state index in [2.05, 4.69) is 51.2 Å². The highest BCUT2D eigenvalue weighted by atomic mass is 16.4. The third-order valence-electron chi connectivity index (χ3n) is 5.79. The lowest BCUT2D eigenvalue weighted by atomic mass is 9.81. The zero-order chi connectivity index (χ0) is 20.9. The van der Waals surface area contributed by atoms with E-state index in [1.165, 1.54) is 16.7 Å². The summed E-state index contributed by atoms with van der Waals surface area (Å²) >= 11 is 0. The number of nitrogens with one attached hydrogen (secondary N) is 1. The van der Waals surface area contributed by atoms with Crippen LogP contribution in [0.4, 0.5) is 4.79 Å². The Balaban J connectivity index is 1.91. The molecule has 0 saturated carbocycles. The van der Waals surface area contributed by atoms with Gasteiger partial charge >= 0.3 is 12.0 Å². The smallest absolute Gasteiger partial charge is 0.317 e. The van der Waals surface area contributed by atoms with Crippen molar-refractivity contribution in [2.45, 2.75) is 58.4 Å². The first-order valence-corrected chi connectivity index (χ1v) is 10.1. The molecule has 2 amide bonds. The van der Waals surface area contributed by atoms with Gasteiger partial charge in [0.25, 0.3) is 0 Å². The van der Waals surface area contributed by atoms with Crippen molar-refractivity contribution in [3.63, 3.8) is 0 Å². The zero-order valence-corrected chi connectivity index (χ0v) is 17.9. The second-order valence-electron chi connectivity index (χ2n) is 8.74. The van der Waals surface area contributed by atoms with Crippen molar-refractivity contribution in [3.8, 4) is 0 Å². The maximum atomic E-state index is 12.7. The highest BCUT2D eigenvalue weighted by molar-refractivity contribution is 5.74. The second-order valence-corrected chi connectivity index (χ2v) is 8.74. The molecule has 6 heteroatoms. The molecule has 0 spiro atoms. The second kappa shape index (κ2) is 9.41. The average Bonchev–Trinajstić information content (AvgIpc) is 2.85. The van der Waals surface area contributed by atoms with Crippen molar-refractivity contribution in [3.05, 3.63) is 34.9 Å². The van der Waals surface area contributed by atoms with Crippen LogP contribution >= 0.6 is 0 Å². The maximum Gasteiger partial charge on any atom is 0.317 e. The molecule has 1 aliphatic rings. The molecule has 1 aromatic carbocycles. The van der Waals surface area contributed by atoms with Crippen LogP contribution in [0, 0.1) is 13.8 Å². The lowest BCUT2D eigenvalue weighted by molar-refractivity contribution is -0.138. The molecular formula is C22H35N3O3. The third kappa shape index (κ3) is 5.96. The van der Waals surface area contributed by atoms with Crippen molar-refractivity contribution in [2.75, 3.05) is 33.2 Å². The van der Waals surface area contributed by atoms with E-state index >= 15 is 0 Å². The lowest BCUT2D eigenvalue weighted by Gasteiger charge is -2.30. The van der Waals surface area contributed by atoms with Crippen molar-refractivity contribution in [1.82, 2.24) is 15.1 Å². The topological polar surface area (TPSA) is 72.9 Å². The van der Waals surface area contributed by atoms with Crippen molar-refractivity contribution >= 4 is 12.0 Å². The molecule has 0 aromatic heterocycles. The first-order valence-electron chi connectivity index (χ1n) is 10.1. The first-order chi connectivity index (χ1) is 13.1. The number of aliphatic carboxylic acids is 1. The summed E-state index contributed by atoms with van der Waals surface area (Å²) in [5, 5.41) is 12.1. The summed E-state index contributed by atoms with van der Waals surface area (Å²) in [4.78, 5) is 27.4. The quantitative estimate of drug-likeness (QED) is 0.784. The molecule has 1 aromatic rings. The fourth-order valence-electron chi connectivity index (χ4n) is 4.14. The molecule has 1 unspecified atom stereocenters. The van der Waals surface area contributed by atoms with Gasteiger partial charge in [-0.1, -0.05) is 37.6 Å². The monoisotopic (exact) mass is 389 g/mol. The minimum atomic E-state index is -0.810. The van der Waals surface area contributed by atoms with E-state index in [1.54, 1.807) is 0 Å². The number of aryl methyl sites for hydroxylation is 2. The number of carboxylic acid groups (broad SMARTS) is 1. The fourth-order valence-corrected chi connectivity index (χ4v) is 4.14. The number of carboxylic acids is 1. The Morgan fingerprint density at radius 3 is 2.61 bits per heavy atom. The summed E-state index contributed by atoms with van der Waals surface area (Å²) in [5.74, 6) is -0.810. The van der Waals surface area contributed by atoms with Gasteiger partial charge in [-0.2, -0.15) is 0 Å². The van der Waals surface area contributed by atoms with E-state index in [1.807, 2.05) is 16.8 Å². The van der Waals surface area contributed by atoms with E-state index in [0.29, 0.717) is 19.6 Å². The molecule has 156 valence electrons. The highest BCUT2D eigenvalue weighted by Gasteiger charge is 2.27. The molecule has 2 rings (SSSR count). The molecule has 2 N–H and O–H groups in total. The van der Waals surface area contributed by atoms with E-state index in [0.717, 1.165) is 19.3 Å². The molecule has 1 fully saturated rings. The Morgan fingerprint density at radius 2 is 1.96 bits per heavy atom. The van der Waals surface area contributed by atoms with Gasteiger partial charge in [-0.25, -0.2) is 4.79 Å². The van der Waals surface area contributed by atoms with Crippen LogP contribution in [0.5, 0.6) is 0 Å². The molecule has 1 saturated heterocycles. The van der Waals surface area contributed by atoms with Gasteiger partial charge in [0.05, 0.1) is 6.54 Å². The number of benzene rings is 1. The Kier molecular flexibility index (Phi) is 7.47. The van der Waals surface area contributed by atoms with Crippen LogP contribution < -0.4 is 5.32 Å². The lowest BCUT2D eigenvalue weighted by Crippen LogP contribution is -2.45. The van der Waals surface area contributed by atoms with Crippen molar-refractivity contribution in [1.29, 1.82) is 0 Å². The summed E-state index contributed by atoms with van der Waals surface area (Å²) in [6, 6.07) is 6.64. The van der Waals surface area contributed by atoms with E-state index in [-0.39, 0.29) is 24.0 Å². The molecule has 1 atom stereocenters. The fraction of sp³-hybridized carbons (Fsp3) is 0.636. The maximum absolute atomic E-state index is 12.7. The molecule has 0 bridgehead atoms. The minimum absolute atomic E-state index is 0.0284. The standard InChI is InChI=1S/C22H35N3O3/c1-16-8-9-19(17(2)13-16)22(3,4)15-23-21(28)25-11-6-7-18(10-12-25)24(5)14-20(26)27/h8-9,13,18H,6-7,10-12,14-15H2,1-5H3,(H,23,28)(H,26,27). The predicted molar refractivity (Wildman–Crippen MR) is 112 cm³/mol. The largest absolute Gasteiger partial charge is 0.480 e. The summed E-state index contributed by atoms with van der Waals surface area (Å²) in [7, 11) is 1.85.